The van der Waals surface area contributed by atoms with Crippen molar-refractivity contribution < 1.29 is 9.53 Å². The van der Waals surface area contributed by atoms with E-state index in [9.17, 15) is 4.79 Å². The molecule has 1 unspecified atom stereocenters. The van der Waals surface area contributed by atoms with Crippen LogP contribution in [0.2, 0.25) is 0 Å². The van der Waals surface area contributed by atoms with Gasteiger partial charge in [0.15, 0.2) is 5.82 Å². The van der Waals surface area contributed by atoms with Crippen LogP contribution in [-0.2, 0) is 11.2 Å². The van der Waals surface area contributed by atoms with Gasteiger partial charge in [0, 0.05) is 18.0 Å². The molecule has 1 aromatic carbocycles. The lowest BCUT2D eigenvalue weighted by molar-refractivity contribution is -0.121. The summed E-state index contributed by atoms with van der Waals surface area (Å²) < 4.78 is 5.11. The van der Waals surface area contributed by atoms with Gasteiger partial charge in [-0.25, -0.2) is 4.98 Å². The molecule has 0 saturated carbocycles. The number of hydrogen-bond donors (Lipinski definition) is 2. The summed E-state index contributed by atoms with van der Waals surface area (Å²) in [7, 11) is 1.61. The fraction of sp³-hybridized carbons (Fsp3) is 0.222. The van der Waals surface area contributed by atoms with E-state index in [0.29, 0.717) is 11.6 Å². The topological polar surface area (TPSA) is 92.8 Å². The molecule has 3 rings (SSSR count). The summed E-state index contributed by atoms with van der Waals surface area (Å²) in [4.78, 5) is 20.7. The second-order valence-corrected chi connectivity index (χ2v) is 5.60. The minimum Gasteiger partial charge on any atom is -0.497 e. The highest BCUT2D eigenvalue weighted by atomic mass is 16.5. The molecule has 0 radical (unpaired) electrons. The molecule has 1 amide bonds. The molecular weight excluding hydrogens is 318 g/mol. The van der Waals surface area contributed by atoms with Crippen molar-refractivity contribution in [2.45, 2.75) is 19.4 Å². The Hall–Kier alpha value is -3.22. The summed E-state index contributed by atoms with van der Waals surface area (Å²) in [5, 5.41) is 9.96. The Labute approximate surface area is 145 Å². The lowest BCUT2D eigenvalue weighted by Crippen LogP contribution is -2.28. The van der Waals surface area contributed by atoms with E-state index in [4.69, 9.17) is 4.74 Å². The maximum atomic E-state index is 12.2. The number of aromatic nitrogens is 4. The average molecular weight is 337 g/mol. The Morgan fingerprint density at radius 1 is 1.28 bits per heavy atom. The average Bonchev–Trinajstić information content (AvgIpc) is 3.13. The molecule has 3 aromatic rings. The Kier molecular flexibility index (Phi) is 5.03. The largest absolute Gasteiger partial charge is 0.497 e. The van der Waals surface area contributed by atoms with Gasteiger partial charge in [-0.1, -0.05) is 12.1 Å². The number of aromatic amines is 1. The molecule has 128 valence electrons. The summed E-state index contributed by atoms with van der Waals surface area (Å²) in [5.74, 6) is 1.83. The Morgan fingerprint density at radius 3 is 2.76 bits per heavy atom. The number of benzene rings is 1. The third kappa shape index (κ3) is 4.20. The molecule has 7 heteroatoms. The Balaban J connectivity index is 1.60. The number of nitrogens with zero attached hydrogens (tertiary/aromatic N) is 3. The zero-order valence-corrected chi connectivity index (χ0v) is 14.1. The van der Waals surface area contributed by atoms with E-state index in [-0.39, 0.29) is 18.4 Å². The normalized spacial score (nSPS) is 11.8. The quantitative estimate of drug-likeness (QED) is 0.720. The van der Waals surface area contributed by atoms with Crippen molar-refractivity contribution in [3.05, 3.63) is 60.2 Å². The van der Waals surface area contributed by atoms with Crippen LogP contribution in [0.3, 0.4) is 0 Å². The summed E-state index contributed by atoms with van der Waals surface area (Å²) in [6.45, 7) is 1.86. The first kappa shape index (κ1) is 16.6. The zero-order valence-electron chi connectivity index (χ0n) is 14.1. The van der Waals surface area contributed by atoms with Gasteiger partial charge in [-0.2, -0.15) is 5.10 Å². The van der Waals surface area contributed by atoms with Gasteiger partial charge in [-0.3, -0.25) is 14.9 Å². The van der Waals surface area contributed by atoms with E-state index >= 15 is 0 Å². The smallest absolute Gasteiger partial charge is 0.224 e. The molecule has 0 aliphatic heterocycles. The summed E-state index contributed by atoms with van der Waals surface area (Å²) in [6, 6.07) is 10.9. The number of carbonyl (C=O) groups excluding carboxylic acids is 1. The first-order chi connectivity index (χ1) is 12.2. The summed E-state index contributed by atoms with van der Waals surface area (Å²) in [5.41, 5.74) is 1.74. The van der Waals surface area contributed by atoms with E-state index < -0.39 is 0 Å². The second-order valence-electron chi connectivity index (χ2n) is 5.60. The van der Waals surface area contributed by atoms with Gasteiger partial charge >= 0.3 is 0 Å². The fourth-order valence-electron chi connectivity index (χ4n) is 2.38. The van der Waals surface area contributed by atoms with E-state index in [1.165, 1.54) is 0 Å². The number of nitrogens with one attached hydrogen (secondary N) is 2. The van der Waals surface area contributed by atoms with Crippen molar-refractivity contribution >= 4 is 5.91 Å². The maximum absolute atomic E-state index is 12.2. The van der Waals surface area contributed by atoms with Crippen LogP contribution in [0.15, 0.2) is 48.8 Å². The number of H-pyrrole nitrogens is 1. The fourth-order valence-corrected chi connectivity index (χ4v) is 2.38. The first-order valence-corrected chi connectivity index (χ1v) is 7.90. The highest BCUT2D eigenvalue weighted by molar-refractivity contribution is 5.78. The van der Waals surface area contributed by atoms with Crippen molar-refractivity contribution in [1.29, 1.82) is 0 Å². The molecule has 0 fully saturated rings. The van der Waals surface area contributed by atoms with Crippen LogP contribution in [0.1, 0.15) is 24.4 Å². The van der Waals surface area contributed by atoms with Gasteiger partial charge in [0.05, 0.1) is 19.6 Å². The van der Waals surface area contributed by atoms with E-state index in [1.54, 1.807) is 19.5 Å². The Bertz CT molecular complexity index is 830. The molecule has 0 aliphatic carbocycles. The predicted octanol–water partition coefficient (Wildman–Crippen LogP) is 2.30. The van der Waals surface area contributed by atoms with Gasteiger partial charge in [0.1, 0.15) is 11.6 Å². The Morgan fingerprint density at radius 2 is 2.08 bits per heavy atom. The molecule has 25 heavy (non-hydrogen) atoms. The number of carbonyl (C=O) groups is 1. The highest BCUT2D eigenvalue weighted by Gasteiger charge is 2.15. The van der Waals surface area contributed by atoms with Crippen LogP contribution in [0, 0.1) is 0 Å². The number of amides is 1. The van der Waals surface area contributed by atoms with Gasteiger partial charge in [0.25, 0.3) is 0 Å². The SMILES string of the molecule is COc1ccc(CC(=O)NC(C)c2nc(-c3cccnc3)n[nH]2)cc1. The van der Waals surface area contributed by atoms with Crippen LogP contribution >= 0.6 is 0 Å². The number of pyridine rings is 1. The van der Waals surface area contributed by atoms with Crippen molar-refractivity contribution in [1.82, 2.24) is 25.5 Å². The van der Waals surface area contributed by atoms with Gasteiger partial charge in [-0.15, -0.1) is 0 Å². The number of hydrogen-bond acceptors (Lipinski definition) is 5. The van der Waals surface area contributed by atoms with Gasteiger partial charge in [0.2, 0.25) is 5.91 Å². The lowest BCUT2D eigenvalue weighted by Gasteiger charge is -2.11. The van der Waals surface area contributed by atoms with Crippen molar-refractivity contribution in [3.8, 4) is 17.1 Å². The molecule has 0 spiro atoms. The molecular formula is C18H19N5O2. The summed E-state index contributed by atoms with van der Waals surface area (Å²) >= 11 is 0. The standard InChI is InChI=1S/C18H19N5O2/c1-12(17-21-18(23-22-17)14-4-3-9-19-11-14)20-16(24)10-13-5-7-15(25-2)8-6-13/h3-9,11-12H,10H2,1-2H3,(H,20,24)(H,21,22,23). The van der Waals surface area contributed by atoms with Crippen LogP contribution in [0.25, 0.3) is 11.4 Å². The predicted molar refractivity (Wildman–Crippen MR) is 92.9 cm³/mol. The monoisotopic (exact) mass is 337 g/mol. The number of methoxy groups -OCH3 is 1. The third-order valence-electron chi connectivity index (χ3n) is 3.73. The highest BCUT2D eigenvalue weighted by Crippen LogP contribution is 2.16. The van der Waals surface area contributed by atoms with Crippen LogP contribution in [0.5, 0.6) is 5.75 Å². The molecule has 2 heterocycles. The maximum Gasteiger partial charge on any atom is 0.224 e. The number of rotatable bonds is 6. The van der Waals surface area contributed by atoms with Crippen molar-refractivity contribution in [2.24, 2.45) is 0 Å². The molecule has 1 atom stereocenters. The third-order valence-corrected chi connectivity index (χ3v) is 3.73. The van der Waals surface area contributed by atoms with Crippen LogP contribution < -0.4 is 10.1 Å². The van der Waals surface area contributed by atoms with Crippen LogP contribution in [-0.4, -0.2) is 33.2 Å². The number of ether oxygens (including phenoxy) is 1. The van der Waals surface area contributed by atoms with Gasteiger partial charge < -0.3 is 10.1 Å². The molecule has 2 aromatic heterocycles. The van der Waals surface area contributed by atoms with E-state index in [1.807, 2.05) is 43.3 Å². The zero-order chi connectivity index (χ0) is 17.6. The van der Waals surface area contributed by atoms with E-state index in [0.717, 1.165) is 16.9 Å². The van der Waals surface area contributed by atoms with Gasteiger partial charge in [-0.05, 0) is 36.8 Å². The molecule has 0 aliphatic rings. The van der Waals surface area contributed by atoms with Crippen molar-refractivity contribution in [3.63, 3.8) is 0 Å². The van der Waals surface area contributed by atoms with Crippen molar-refractivity contribution in [2.75, 3.05) is 7.11 Å². The summed E-state index contributed by atoms with van der Waals surface area (Å²) in [6.07, 6.45) is 3.68. The molecule has 2 N–H and O–H groups in total. The molecule has 0 saturated heterocycles. The van der Waals surface area contributed by atoms with E-state index in [2.05, 4.69) is 25.5 Å². The minimum atomic E-state index is -0.274. The molecule has 0 bridgehead atoms. The first-order valence-electron chi connectivity index (χ1n) is 7.90. The minimum absolute atomic E-state index is 0.0861. The van der Waals surface area contributed by atoms with Crippen LogP contribution in [0.4, 0.5) is 0 Å². The second kappa shape index (κ2) is 7.57. The molecule has 7 nitrogen and oxygen atoms in total. The lowest BCUT2D eigenvalue weighted by atomic mass is 10.1.